The molecule has 6 nitrogen and oxygen atoms in total. The third kappa shape index (κ3) is 4.05. The SMILES string of the molecule is CCOc1ccc(S(=O)(=O)NCCc2ncc[nH]2)cc1C. The molecule has 114 valence electrons. The Balaban J connectivity index is 2.03. The van der Waals surface area contributed by atoms with Crippen molar-refractivity contribution in [1.82, 2.24) is 14.7 Å². The van der Waals surface area contributed by atoms with Gasteiger partial charge < -0.3 is 9.72 Å². The third-order valence-corrected chi connectivity index (χ3v) is 4.42. The highest BCUT2D eigenvalue weighted by Gasteiger charge is 2.15. The Hall–Kier alpha value is -1.86. The number of aryl methyl sites for hydroxylation is 1. The molecule has 21 heavy (non-hydrogen) atoms. The monoisotopic (exact) mass is 309 g/mol. The molecule has 0 aliphatic rings. The van der Waals surface area contributed by atoms with Crippen molar-refractivity contribution in [1.29, 1.82) is 0 Å². The molecule has 1 aromatic heterocycles. The zero-order valence-corrected chi connectivity index (χ0v) is 12.9. The first-order chi connectivity index (χ1) is 10.0. The second kappa shape index (κ2) is 6.73. The van der Waals surface area contributed by atoms with Gasteiger partial charge in [0.25, 0.3) is 0 Å². The Morgan fingerprint density at radius 2 is 2.19 bits per heavy atom. The smallest absolute Gasteiger partial charge is 0.240 e. The van der Waals surface area contributed by atoms with Crippen molar-refractivity contribution < 1.29 is 13.2 Å². The zero-order chi connectivity index (χ0) is 15.3. The van der Waals surface area contributed by atoms with E-state index in [2.05, 4.69) is 14.7 Å². The van der Waals surface area contributed by atoms with Gasteiger partial charge in [-0.2, -0.15) is 0 Å². The van der Waals surface area contributed by atoms with Crippen LogP contribution in [0.5, 0.6) is 5.75 Å². The van der Waals surface area contributed by atoms with Gasteiger partial charge >= 0.3 is 0 Å². The number of H-pyrrole nitrogens is 1. The molecule has 0 aliphatic heterocycles. The van der Waals surface area contributed by atoms with E-state index >= 15 is 0 Å². The summed E-state index contributed by atoms with van der Waals surface area (Å²) in [5.74, 6) is 1.45. The molecular weight excluding hydrogens is 290 g/mol. The maximum atomic E-state index is 12.2. The molecule has 0 aliphatic carbocycles. The predicted molar refractivity (Wildman–Crippen MR) is 79.8 cm³/mol. The minimum absolute atomic E-state index is 0.239. The summed E-state index contributed by atoms with van der Waals surface area (Å²) in [6.07, 6.45) is 3.86. The average molecular weight is 309 g/mol. The molecule has 0 atom stereocenters. The van der Waals surface area contributed by atoms with Crippen LogP contribution in [0.3, 0.4) is 0 Å². The number of rotatable bonds is 7. The Bertz CT molecular complexity index is 681. The average Bonchev–Trinajstić information content (AvgIpc) is 2.94. The molecule has 0 unspecified atom stereocenters. The van der Waals surface area contributed by atoms with Crippen LogP contribution >= 0.6 is 0 Å². The summed E-state index contributed by atoms with van der Waals surface area (Å²) in [6, 6.07) is 4.84. The lowest BCUT2D eigenvalue weighted by Gasteiger charge is -2.10. The Kier molecular flexibility index (Phi) is 4.98. The van der Waals surface area contributed by atoms with Gasteiger partial charge in [-0.05, 0) is 37.6 Å². The molecule has 7 heteroatoms. The Morgan fingerprint density at radius 3 is 2.81 bits per heavy atom. The molecule has 0 spiro atoms. The van der Waals surface area contributed by atoms with Gasteiger partial charge in [0, 0.05) is 25.4 Å². The fourth-order valence-corrected chi connectivity index (χ4v) is 3.04. The fourth-order valence-electron chi connectivity index (χ4n) is 1.93. The van der Waals surface area contributed by atoms with E-state index in [9.17, 15) is 8.42 Å². The van der Waals surface area contributed by atoms with Gasteiger partial charge in [0.05, 0.1) is 11.5 Å². The van der Waals surface area contributed by atoms with Crippen molar-refractivity contribution in [3.63, 3.8) is 0 Å². The number of hydrogen-bond acceptors (Lipinski definition) is 4. The highest BCUT2D eigenvalue weighted by atomic mass is 32.2. The summed E-state index contributed by atoms with van der Waals surface area (Å²) in [7, 11) is -3.51. The highest BCUT2D eigenvalue weighted by molar-refractivity contribution is 7.89. The lowest BCUT2D eigenvalue weighted by molar-refractivity contribution is 0.337. The number of hydrogen-bond donors (Lipinski definition) is 2. The first-order valence-electron chi connectivity index (χ1n) is 6.74. The number of ether oxygens (including phenoxy) is 1. The first-order valence-corrected chi connectivity index (χ1v) is 8.22. The van der Waals surface area contributed by atoms with Crippen LogP contribution in [-0.2, 0) is 16.4 Å². The molecule has 0 amide bonds. The normalized spacial score (nSPS) is 11.5. The van der Waals surface area contributed by atoms with Crippen LogP contribution in [0.1, 0.15) is 18.3 Å². The van der Waals surface area contributed by atoms with Gasteiger partial charge in [-0.15, -0.1) is 0 Å². The van der Waals surface area contributed by atoms with Crippen molar-refractivity contribution in [3.8, 4) is 5.75 Å². The molecule has 0 fully saturated rings. The fraction of sp³-hybridized carbons (Fsp3) is 0.357. The molecule has 2 rings (SSSR count). The van der Waals surface area contributed by atoms with Crippen LogP contribution < -0.4 is 9.46 Å². The van der Waals surface area contributed by atoms with Gasteiger partial charge in [-0.3, -0.25) is 0 Å². The summed E-state index contributed by atoms with van der Waals surface area (Å²) >= 11 is 0. The van der Waals surface area contributed by atoms with E-state index in [1.54, 1.807) is 30.6 Å². The minimum Gasteiger partial charge on any atom is -0.494 e. The van der Waals surface area contributed by atoms with Crippen molar-refractivity contribution in [3.05, 3.63) is 42.0 Å². The van der Waals surface area contributed by atoms with Gasteiger partial charge in [0.15, 0.2) is 0 Å². The van der Waals surface area contributed by atoms with Crippen LogP contribution in [-0.4, -0.2) is 31.5 Å². The van der Waals surface area contributed by atoms with Gasteiger partial charge in [-0.1, -0.05) is 0 Å². The van der Waals surface area contributed by atoms with Crippen LogP contribution in [0.4, 0.5) is 0 Å². The molecular formula is C14H19N3O3S. The molecule has 0 radical (unpaired) electrons. The summed E-state index contributed by atoms with van der Waals surface area (Å²) < 4.78 is 32.4. The quantitative estimate of drug-likeness (QED) is 0.814. The number of sulfonamides is 1. The van der Waals surface area contributed by atoms with Crippen molar-refractivity contribution in [2.45, 2.75) is 25.2 Å². The molecule has 0 saturated heterocycles. The lowest BCUT2D eigenvalue weighted by Crippen LogP contribution is -2.26. The molecule has 2 N–H and O–H groups in total. The predicted octanol–water partition coefficient (Wildman–Crippen LogP) is 1.64. The van der Waals surface area contributed by atoms with Crippen LogP contribution in [0.25, 0.3) is 0 Å². The maximum Gasteiger partial charge on any atom is 0.240 e. The van der Waals surface area contributed by atoms with Crippen LogP contribution in [0.2, 0.25) is 0 Å². The number of benzene rings is 1. The van der Waals surface area contributed by atoms with E-state index in [1.807, 2.05) is 13.8 Å². The van der Waals surface area contributed by atoms with E-state index in [1.165, 1.54) is 0 Å². The topological polar surface area (TPSA) is 84.1 Å². The highest BCUT2D eigenvalue weighted by Crippen LogP contribution is 2.21. The van der Waals surface area contributed by atoms with Crippen molar-refractivity contribution in [2.75, 3.05) is 13.2 Å². The minimum atomic E-state index is -3.51. The van der Waals surface area contributed by atoms with Crippen molar-refractivity contribution >= 4 is 10.0 Å². The van der Waals surface area contributed by atoms with Gasteiger partial charge in [0.2, 0.25) is 10.0 Å². The summed E-state index contributed by atoms with van der Waals surface area (Å²) in [4.78, 5) is 7.22. The second-order valence-electron chi connectivity index (χ2n) is 4.54. The molecule has 0 bridgehead atoms. The second-order valence-corrected chi connectivity index (χ2v) is 6.31. The summed E-state index contributed by atoms with van der Waals surface area (Å²) in [5.41, 5.74) is 0.797. The molecule has 1 aromatic carbocycles. The maximum absolute atomic E-state index is 12.2. The zero-order valence-electron chi connectivity index (χ0n) is 12.1. The molecule has 1 heterocycles. The Labute approximate surface area is 124 Å². The summed E-state index contributed by atoms with van der Waals surface area (Å²) in [6.45, 7) is 4.56. The summed E-state index contributed by atoms with van der Waals surface area (Å²) in [5, 5.41) is 0. The molecule has 2 aromatic rings. The lowest BCUT2D eigenvalue weighted by atomic mass is 10.2. The van der Waals surface area contributed by atoms with Crippen LogP contribution in [0, 0.1) is 6.92 Å². The van der Waals surface area contributed by atoms with E-state index in [4.69, 9.17) is 4.74 Å². The van der Waals surface area contributed by atoms with E-state index in [0.29, 0.717) is 25.3 Å². The van der Waals surface area contributed by atoms with E-state index in [0.717, 1.165) is 11.4 Å². The Morgan fingerprint density at radius 1 is 1.38 bits per heavy atom. The number of nitrogens with one attached hydrogen (secondary N) is 2. The van der Waals surface area contributed by atoms with Crippen molar-refractivity contribution in [2.24, 2.45) is 0 Å². The largest absolute Gasteiger partial charge is 0.494 e. The first kappa shape index (κ1) is 15.5. The third-order valence-electron chi connectivity index (χ3n) is 2.97. The standard InChI is InChI=1S/C14H19N3O3S/c1-3-20-13-5-4-12(10-11(13)2)21(18,19)17-7-6-14-15-8-9-16-14/h4-5,8-10,17H,3,6-7H2,1-2H3,(H,15,16). The van der Waals surface area contributed by atoms with Gasteiger partial charge in [-0.25, -0.2) is 18.1 Å². The number of aromatic amines is 1. The van der Waals surface area contributed by atoms with Crippen LogP contribution in [0.15, 0.2) is 35.5 Å². The number of aromatic nitrogens is 2. The van der Waals surface area contributed by atoms with E-state index < -0.39 is 10.0 Å². The van der Waals surface area contributed by atoms with E-state index in [-0.39, 0.29) is 4.90 Å². The number of imidazole rings is 1. The van der Waals surface area contributed by atoms with Gasteiger partial charge in [0.1, 0.15) is 11.6 Å². The number of nitrogens with zero attached hydrogens (tertiary/aromatic N) is 1. The molecule has 0 saturated carbocycles.